The molecule has 0 bridgehead atoms. The molecule has 0 spiro atoms. The Morgan fingerprint density at radius 3 is 3.00 bits per heavy atom. The predicted octanol–water partition coefficient (Wildman–Crippen LogP) is -0.603. The topological polar surface area (TPSA) is 87.4 Å². The number of aryl methyl sites for hydroxylation is 1. The molecule has 0 aromatic carbocycles. The number of nitrogens with two attached hydrogens (primary N) is 1. The van der Waals surface area contributed by atoms with E-state index in [1.54, 1.807) is 11.0 Å². The molecule has 2 rings (SSSR count). The van der Waals surface area contributed by atoms with Crippen LogP contribution < -0.4 is 5.73 Å². The van der Waals surface area contributed by atoms with Crippen molar-refractivity contribution in [3.63, 3.8) is 0 Å². The van der Waals surface area contributed by atoms with Gasteiger partial charge in [0.2, 0.25) is 0 Å². The van der Waals surface area contributed by atoms with Crippen LogP contribution in [0.1, 0.15) is 18.4 Å². The highest BCUT2D eigenvalue weighted by atomic mass is 15.4. The first-order valence-corrected chi connectivity index (χ1v) is 4.79. The van der Waals surface area contributed by atoms with Crippen LogP contribution in [-0.4, -0.2) is 29.8 Å². The third kappa shape index (κ3) is 2.01. The van der Waals surface area contributed by atoms with E-state index in [1.807, 2.05) is 17.8 Å². The van der Waals surface area contributed by atoms with Crippen molar-refractivity contribution in [3.05, 3.63) is 24.0 Å². The Kier molecular flexibility index (Phi) is 2.72. The SMILES string of the molecule is CCn1ncnc1Cn1cc(CN)nn1. The van der Waals surface area contributed by atoms with E-state index >= 15 is 0 Å². The summed E-state index contributed by atoms with van der Waals surface area (Å²) in [5, 5.41) is 11.9. The maximum absolute atomic E-state index is 5.44. The van der Waals surface area contributed by atoms with Crippen molar-refractivity contribution < 1.29 is 0 Å². The molecule has 2 N–H and O–H groups in total. The van der Waals surface area contributed by atoms with Crippen molar-refractivity contribution in [2.24, 2.45) is 5.73 Å². The molecule has 80 valence electrons. The van der Waals surface area contributed by atoms with Gasteiger partial charge in [-0.2, -0.15) is 5.10 Å². The van der Waals surface area contributed by atoms with Crippen molar-refractivity contribution in [3.8, 4) is 0 Å². The number of nitrogens with zero attached hydrogens (tertiary/aromatic N) is 6. The second-order valence-electron chi connectivity index (χ2n) is 3.10. The largest absolute Gasteiger partial charge is 0.325 e. The van der Waals surface area contributed by atoms with Gasteiger partial charge in [0.25, 0.3) is 0 Å². The lowest BCUT2D eigenvalue weighted by Gasteiger charge is -2.01. The first-order valence-electron chi connectivity index (χ1n) is 4.79. The second-order valence-corrected chi connectivity index (χ2v) is 3.10. The van der Waals surface area contributed by atoms with Gasteiger partial charge in [-0.05, 0) is 6.92 Å². The van der Waals surface area contributed by atoms with Crippen LogP contribution in [0.5, 0.6) is 0 Å². The van der Waals surface area contributed by atoms with Crippen molar-refractivity contribution in [2.75, 3.05) is 0 Å². The van der Waals surface area contributed by atoms with E-state index in [2.05, 4.69) is 20.4 Å². The second kappa shape index (κ2) is 4.18. The van der Waals surface area contributed by atoms with Crippen molar-refractivity contribution in [2.45, 2.75) is 26.6 Å². The van der Waals surface area contributed by atoms with Gasteiger partial charge in [-0.1, -0.05) is 5.21 Å². The Hall–Kier alpha value is -1.76. The molecule has 0 saturated heterocycles. The van der Waals surface area contributed by atoms with Gasteiger partial charge in [0.05, 0.1) is 11.9 Å². The Bertz CT molecular complexity index is 430. The van der Waals surface area contributed by atoms with E-state index in [9.17, 15) is 0 Å². The van der Waals surface area contributed by atoms with Gasteiger partial charge in [-0.25, -0.2) is 14.3 Å². The Morgan fingerprint density at radius 2 is 2.33 bits per heavy atom. The van der Waals surface area contributed by atoms with Crippen LogP contribution in [0.25, 0.3) is 0 Å². The minimum Gasteiger partial charge on any atom is -0.325 e. The highest BCUT2D eigenvalue weighted by Gasteiger charge is 2.05. The number of hydrogen-bond donors (Lipinski definition) is 1. The molecule has 0 amide bonds. The van der Waals surface area contributed by atoms with Crippen molar-refractivity contribution >= 4 is 0 Å². The Labute approximate surface area is 86.9 Å². The zero-order chi connectivity index (χ0) is 10.7. The highest BCUT2D eigenvalue weighted by Crippen LogP contribution is 1.98. The molecule has 15 heavy (non-hydrogen) atoms. The summed E-state index contributed by atoms with van der Waals surface area (Å²) in [6.45, 7) is 3.79. The van der Waals surface area contributed by atoms with Gasteiger partial charge in [-0.3, -0.25) is 0 Å². The molecular weight excluding hydrogens is 194 g/mol. The van der Waals surface area contributed by atoms with Gasteiger partial charge >= 0.3 is 0 Å². The summed E-state index contributed by atoms with van der Waals surface area (Å²) in [5.41, 5.74) is 6.22. The standard InChI is InChI=1S/C8H13N7/c1-2-15-8(10-6-11-15)5-14-4-7(3-9)12-13-14/h4,6H,2-3,5,9H2,1H3. The van der Waals surface area contributed by atoms with Gasteiger partial charge in [-0.15, -0.1) is 5.10 Å². The lowest BCUT2D eigenvalue weighted by Crippen LogP contribution is -2.09. The van der Waals surface area contributed by atoms with Crippen molar-refractivity contribution in [1.29, 1.82) is 0 Å². The molecule has 0 unspecified atom stereocenters. The van der Waals surface area contributed by atoms with Crippen molar-refractivity contribution in [1.82, 2.24) is 29.8 Å². The smallest absolute Gasteiger partial charge is 0.148 e. The average molecular weight is 207 g/mol. The fraction of sp³-hybridized carbons (Fsp3) is 0.500. The zero-order valence-electron chi connectivity index (χ0n) is 8.54. The minimum atomic E-state index is 0.403. The summed E-state index contributed by atoms with van der Waals surface area (Å²) in [7, 11) is 0. The molecule has 2 aromatic rings. The highest BCUT2D eigenvalue weighted by molar-refractivity contribution is 4.93. The van der Waals surface area contributed by atoms with E-state index in [1.165, 1.54) is 0 Å². The van der Waals surface area contributed by atoms with Gasteiger partial charge < -0.3 is 5.73 Å². The zero-order valence-corrected chi connectivity index (χ0v) is 8.54. The van der Waals surface area contributed by atoms with Crippen LogP contribution in [-0.2, 0) is 19.6 Å². The van der Waals surface area contributed by atoms with E-state index in [4.69, 9.17) is 5.73 Å². The summed E-state index contributed by atoms with van der Waals surface area (Å²) < 4.78 is 3.53. The van der Waals surface area contributed by atoms with Crippen LogP contribution in [0.3, 0.4) is 0 Å². The number of aromatic nitrogens is 6. The monoisotopic (exact) mass is 207 g/mol. The molecule has 0 radical (unpaired) electrons. The minimum absolute atomic E-state index is 0.403. The van der Waals surface area contributed by atoms with Gasteiger partial charge in [0.15, 0.2) is 0 Å². The normalized spacial score (nSPS) is 10.8. The summed E-state index contributed by atoms with van der Waals surface area (Å²) in [6, 6.07) is 0. The van der Waals surface area contributed by atoms with Crippen LogP contribution in [0.15, 0.2) is 12.5 Å². The molecule has 7 heteroatoms. The molecule has 0 atom stereocenters. The molecule has 0 aliphatic heterocycles. The maximum Gasteiger partial charge on any atom is 0.148 e. The lowest BCUT2D eigenvalue weighted by molar-refractivity contribution is 0.557. The molecular formula is C8H13N7. The van der Waals surface area contributed by atoms with E-state index in [-0.39, 0.29) is 0 Å². The fourth-order valence-corrected chi connectivity index (χ4v) is 1.33. The lowest BCUT2D eigenvalue weighted by atomic mass is 10.5. The average Bonchev–Trinajstić information content (AvgIpc) is 2.87. The first kappa shape index (κ1) is 9.78. The Balaban J connectivity index is 2.14. The summed E-state index contributed by atoms with van der Waals surface area (Å²) in [5.74, 6) is 0.867. The Morgan fingerprint density at radius 1 is 1.47 bits per heavy atom. The molecule has 2 aromatic heterocycles. The summed E-state index contributed by atoms with van der Waals surface area (Å²) in [4.78, 5) is 4.15. The molecule has 2 heterocycles. The number of rotatable bonds is 4. The quantitative estimate of drug-likeness (QED) is 0.723. The first-order chi connectivity index (χ1) is 7.33. The van der Waals surface area contributed by atoms with E-state index < -0.39 is 0 Å². The van der Waals surface area contributed by atoms with E-state index in [0.29, 0.717) is 13.1 Å². The molecule has 0 aliphatic carbocycles. The van der Waals surface area contributed by atoms with Crippen LogP contribution in [0.4, 0.5) is 0 Å². The van der Waals surface area contributed by atoms with Crippen LogP contribution >= 0.6 is 0 Å². The molecule has 0 aliphatic rings. The maximum atomic E-state index is 5.44. The van der Waals surface area contributed by atoms with Gasteiger partial charge in [0.1, 0.15) is 18.7 Å². The fourth-order valence-electron chi connectivity index (χ4n) is 1.33. The van der Waals surface area contributed by atoms with Crippen LogP contribution in [0, 0.1) is 0 Å². The van der Waals surface area contributed by atoms with Crippen LogP contribution in [0.2, 0.25) is 0 Å². The summed E-state index contributed by atoms with van der Waals surface area (Å²) >= 11 is 0. The predicted molar refractivity (Wildman–Crippen MR) is 52.7 cm³/mol. The third-order valence-corrected chi connectivity index (χ3v) is 2.09. The number of hydrogen-bond acceptors (Lipinski definition) is 5. The van der Waals surface area contributed by atoms with Gasteiger partial charge in [0, 0.05) is 13.1 Å². The third-order valence-electron chi connectivity index (χ3n) is 2.09. The molecule has 0 fully saturated rings. The van der Waals surface area contributed by atoms with E-state index in [0.717, 1.165) is 18.1 Å². The molecule has 0 saturated carbocycles. The summed E-state index contributed by atoms with van der Waals surface area (Å²) in [6.07, 6.45) is 3.36. The molecule has 7 nitrogen and oxygen atoms in total.